The molecular weight excluding hydrogens is 413 g/mol. The first-order valence-electron chi connectivity index (χ1n) is 9.36. The smallest absolute Gasteiger partial charge is 0.416 e. The lowest BCUT2D eigenvalue weighted by Crippen LogP contribution is -2.27. The first kappa shape index (κ1) is 21.8. The maximum absolute atomic E-state index is 12.9. The topological polar surface area (TPSA) is 51.2 Å². The number of carbonyl (C=O) groups is 1. The number of halogens is 3. The Morgan fingerprint density at radius 2 is 1.93 bits per heavy atom. The van der Waals surface area contributed by atoms with Crippen LogP contribution in [0.25, 0.3) is 10.6 Å². The van der Waals surface area contributed by atoms with E-state index in [1.165, 1.54) is 17.4 Å². The van der Waals surface area contributed by atoms with Crippen LogP contribution in [0.3, 0.4) is 0 Å². The van der Waals surface area contributed by atoms with Crippen molar-refractivity contribution in [1.29, 1.82) is 0 Å². The van der Waals surface area contributed by atoms with E-state index in [0.717, 1.165) is 12.1 Å². The van der Waals surface area contributed by atoms with E-state index >= 15 is 0 Å². The van der Waals surface area contributed by atoms with Crippen molar-refractivity contribution in [2.75, 3.05) is 6.54 Å². The van der Waals surface area contributed by atoms with E-state index in [4.69, 9.17) is 4.74 Å². The average Bonchev–Trinajstić information content (AvgIpc) is 3.20. The van der Waals surface area contributed by atoms with Crippen LogP contribution in [-0.4, -0.2) is 17.4 Å². The third-order valence-corrected chi connectivity index (χ3v) is 5.05. The minimum Gasteiger partial charge on any atom is -0.488 e. The molecule has 0 atom stereocenters. The van der Waals surface area contributed by atoms with Gasteiger partial charge in [-0.1, -0.05) is 38.1 Å². The van der Waals surface area contributed by atoms with E-state index in [0.29, 0.717) is 40.0 Å². The fourth-order valence-corrected chi connectivity index (χ4v) is 3.49. The summed E-state index contributed by atoms with van der Waals surface area (Å²) in [5.74, 6) is 0.573. The summed E-state index contributed by atoms with van der Waals surface area (Å²) in [5, 5.41) is 5.10. The summed E-state index contributed by atoms with van der Waals surface area (Å²) >= 11 is 1.31. The number of nitrogens with zero attached hydrogens (tertiary/aromatic N) is 1. The van der Waals surface area contributed by atoms with Gasteiger partial charge in [0.05, 0.1) is 11.1 Å². The Morgan fingerprint density at radius 3 is 2.67 bits per heavy atom. The van der Waals surface area contributed by atoms with Gasteiger partial charge in [-0.3, -0.25) is 4.79 Å². The number of rotatable bonds is 7. The second-order valence-corrected chi connectivity index (χ2v) is 7.98. The number of nitrogens with one attached hydrogen (secondary N) is 1. The molecule has 0 aliphatic heterocycles. The van der Waals surface area contributed by atoms with Gasteiger partial charge in [-0.25, -0.2) is 4.98 Å². The van der Waals surface area contributed by atoms with E-state index in [2.05, 4.69) is 10.3 Å². The Balaban J connectivity index is 1.75. The molecule has 0 aliphatic carbocycles. The third-order valence-electron chi connectivity index (χ3n) is 4.17. The summed E-state index contributed by atoms with van der Waals surface area (Å²) in [6, 6.07) is 12.1. The lowest BCUT2D eigenvalue weighted by atomic mass is 10.1. The zero-order valence-corrected chi connectivity index (χ0v) is 17.3. The maximum atomic E-state index is 12.9. The van der Waals surface area contributed by atoms with E-state index in [-0.39, 0.29) is 12.5 Å². The van der Waals surface area contributed by atoms with Gasteiger partial charge in [-0.15, -0.1) is 11.3 Å². The van der Waals surface area contributed by atoms with Gasteiger partial charge in [-0.05, 0) is 35.7 Å². The third kappa shape index (κ3) is 5.60. The predicted octanol–water partition coefficient (Wildman–Crippen LogP) is 5.79. The maximum Gasteiger partial charge on any atom is 0.416 e. The van der Waals surface area contributed by atoms with Crippen LogP contribution in [0.1, 0.15) is 35.5 Å². The van der Waals surface area contributed by atoms with Gasteiger partial charge in [-0.2, -0.15) is 13.2 Å². The highest BCUT2D eigenvalue weighted by Crippen LogP contribution is 2.33. The van der Waals surface area contributed by atoms with Gasteiger partial charge in [0, 0.05) is 11.9 Å². The van der Waals surface area contributed by atoms with Crippen molar-refractivity contribution in [2.24, 2.45) is 5.92 Å². The van der Waals surface area contributed by atoms with Gasteiger partial charge in [0.2, 0.25) is 0 Å². The largest absolute Gasteiger partial charge is 0.488 e. The lowest BCUT2D eigenvalue weighted by molar-refractivity contribution is -0.137. The SMILES string of the molecule is CC(C)CNC(=O)c1csc(-c2ccccc2OCc2cccc(C(F)(F)F)c2)n1. The first-order chi connectivity index (χ1) is 14.2. The number of benzene rings is 2. The quantitative estimate of drug-likeness (QED) is 0.512. The highest BCUT2D eigenvalue weighted by atomic mass is 32.1. The zero-order valence-electron chi connectivity index (χ0n) is 16.5. The molecule has 1 N–H and O–H groups in total. The van der Waals surface area contributed by atoms with Crippen LogP contribution < -0.4 is 10.1 Å². The summed E-state index contributed by atoms with van der Waals surface area (Å²) in [4.78, 5) is 16.6. The highest BCUT2D eigenvalue weighted by molar-refractivity contribution is 7.13. The van der Waals surface area contributed by atoms with Gasteiger partial charge in [0.25, 0.3) is 5.91 Å². The Hall–Kier alpha value is -2.87. The number of ether oxygens (including phenoxy) is 1. The molecule has 2 aromatic carbocycles. The zero-order chi connectivity index (χ0) is 21.7. The van der Waals surface area contributed by atoms with Crippen LogP contribution in [0.4, 0.5) is 13.2 Å². The minimum absolute atomic E-state index is 0.0198. The number of alkyl halides is 3. The first-order valence-corrected chi connectivity index (χ1v) is 10.2. The van der Waals surface area contributed by atoms with Crippen LogP contribution in [0.2, 0.25) is 0 Å². The molecule has 1 aromatic heterocycles. The molecule has 0 unspecified atom stereocenters. The number of hydrogen-bond donors (Lipinski definition) is 1. The van der Waals surface area contributed by atoms with Crippen molar-refractivity contribution in [1.82, 2.24) is 10.3 Å². The van der Waals surface area contributed by atoms with Crippen molar-refractivity contribution in [3.63, 3.8) is 0 Å². The molecule has 0 bridgehead atoms. The van der Waals surface area contributed by atoms with Gasteiger partial charge in [0.1, 0.15) is 23.1 Å². The number of thiazole rings is 1. The highest BCUT2D eigenvalue weighted by Gasteiger charge is 2.30. The van der Waals surface area contributed by atoms with Crippen molar-refractivity contribution in [2.45, 2.75) is 26.6 Å². The number of amides is 1. The number of para-hydroxylation sites is 1. The standard InChI is InChI=1S/C22H21F3N2O2S/c1-14(2)11-26-20(28)18-13-30-21(27-18)17-8-3-4-9-19(17)29-12-15-6-5-7-16(10-15)22(23,24)25/h3-10,13-14H,11-12H2,1-2H3,(H,26,28). The summed E-state index contributed by atoms with van der Waals surface area (Å²) in [6.45, 7) is 4.55. The summed E-state index contributed by atoms with van der Waals surface area (Å²) in [7, 11) is 0. The molecule has 3 rings (SSSR count). The molecule has 30 heavy (non-hydrogen) atoms. The van der Waals surface area contributed by atoms with Crippen LogP contribution >= 0.6 is 11.3 Å². The number of carbonyl (C=O) groups excluding carboxylic acids is 1. The molecule has 0 fully saturated rings. The summed E-state index contributed by atoms with van der Waals surface area (Å²) in [6.07, 6.45) is -4.40. The molecule has 8 heteroatoms. The normalized spacial score (nSPS) is 11.5. The van der Waals surface area contributed by atoms with Gasteiger partial charge < -0.3 is 10.1 Å². The van der Waals surface area contributed by atoms with E-state index in [1.54, 1.807) is 29.6 Å². The summed E-state index contributed by atoms with van der Waals surface area (Å²) in [5.41, 5.74) is 0.696. The van der Waals surface area contributed by atoms with Crippen molar-refractivity contribution in [3.8, 4) is 16.3 Å². The molecule has 1 amide bonds. The molecule has 0 aliphatic rings. The lowest BCUT2D eigenvalue weighted by Gasteiger charge is -2.12. The second-order valence-electron chi connectivity index (χ2n) is 7.12. The molecule has 158 valence electrons. The van der Waals surface area contributed by atoms with Crippen molar-refractivity contribution < 1.29 is 22.7 Å². The molecule has 0 spiro atoms. The Labute approximate surface area is 176 Å². The second kappa shape index (κ2) is 9.30. The molecule has 0 saturated carbocycles. The fraction of sp³-hybridized carbons (Fsp3) is 0.273. The minimum atomic E-state index is -4.40. The fourth-order valence-electron chi connectivity index (χ4n) is 2.66. The van der Waals surface area contributed by atoms with Crippen LogP contribution in [0.15, 0.2) is 53.9 Å². The number of aromatic nitrogens is 1. The van der Waals surface area contributed by atoms with Crippen molar-refractivity contribution >= 4 is 17.2 Å². The molecule has 3 aromatic rings. The van der Waals surface area contributed by atoms with Gasteiger partial charge in [0.15, 0.2) is 0 Å². The van der Waals surface area contributed by atoms with Gasteiger partial charge >= 0.3 is 6.18 Å². The molecule has 4 nitrogen and oxygen atoms in total. The van der Waals surface area contributed by atoms with Crippen LogP contribution in [0, 0.1) is 5.92 Å². The molecule has 1 heterocycles. The Bertz CT molecular complexity index is 1020. The van der Waals surface area contributed by atoms with Crippen LogP contribution in [0.5, 0.6) is 5.75 Å². The summed E-state index contributed by atoms with van der Waals surface area (Å²) < 4.78 is 44.5. The Kier molecular flexibility index (Phi) is 6.77. The van der Waals surface area contributed by atoms with E-state index in [1.807, 2.05) is 19.9 Å². The van der Waals surface area contributed by atoms with E-state index < -0.39 is 11.7 Å². The van der Waals surface area contributed by atoms with E-state index in [9.17, 15) is 18.0 Å². The monoisotopic (exact) mass is 434 g/mol. The average molecular weight is 434 g/mol. The molecule has 0 radical (unpaired) electrons. The van der Waals surface area contributed by atoms with Crippen molar-refractivity contribution in [3.05, 3.63) is 70.7 Å². The molecule has 0 saturated heterocycles. The number of hydrogen-bond acceptors (Lipinski definition) is 4. The Morgan fingerprint density at radius 1 is 1.17 bits per heavy atom. The van der Waals surface area contributed by atoms with Crippen LogP contribution in [-0.2, 0) is 12.8 Å². The molecular formula is C22H21F3N2O2S. The predicted molar refractivity (Wildman–Crippen MR) is 110 cm³/mol.